The van der Waals surface area contributed by atoms with E-state index in [4.69, 9.17) is 18.9 Å². The van der Waals surface area contributed by atoms with Gasteiger partial charge >= 0.3 is 0 Å². The maximum atomic E-state index is 13.6. The number of amides is 2. The molecule has 4 fully saturated rings. The molecule has 0 aromatic carbocycles. The lowest BCUT2D eigenvalue weighted by Gasteiger charge is -2.51. The van der Waals surface area contributed by atoms with Crippen molar-refractivity contribution < 1.29 is 43.5 Å². The van der Waals surface area contributed by atoms with E-state index in [1.807, 2.05) is 39.0 Å². The van der Waals surface area contributed by atoms with Crippen LogP contribution in [0.25, 0.3) is 0 Å². The third kappa shape index (κ3) is 5.50. The Kier molecular flexibility index (Phi) is 8.51. The van der Waals surface area contributed by atoms with Gasteiger partial charge in [0.1, 0.15) is 12.3 Å². The van der Waals surface area contributed by atoms with E-state index in [0.717, 1.165) is 5.57 Å². The van der Waals surface area contributed by atoms with Crippen LogP contribution in [0, 0.1) is 17.8 Å². The molecule has 0 radical (unpaired) electrons. The average molecular weight is 600 g/mol. The van der Waals surface area contributed by atoms with Crippen LogP contribution < -0.4 is 10.4 Å². The average Bonchev–Trinajstić information content (AvgIpc) is 3.71. The number of epoxide rings is 1. The van der Waals surface area contributed by atoms with Crippen LogP contribution in [0.5, 0.6) is 0 Å². The Balaban J connectivity index is 1.36. The van der Waals surface area contributed by atoms with Crippen molar-refractivity contribution in [3.8, 4) is 0 Å². The normalized spacial score (nSPS) is 42.0. The number of hydrogen-bond donors (Lipinski definition) is 2. The first-order chi connectivity index (χ1) is 20.2. The van der Waals surface area contributed by atoms with Crippen LogP contribution in [-0.2, 0) is 33.3 Å². The van der Waals surface area contributed by atoms with Crippen molar-refractivity contribution in [2.75, 3.05) is 13.7 Å². The van der Waals surface area contributed by atoms with Crippen molar-refractivity contribution in [3.63, 3.8) is 0 Å². The molecule has 11 atom stereocenters. The highest BCUT2D eigenvalue weighted by atomic mass is 16.8. The molecule has 5 rings (SSSR count). The summed E-state index contributed by atoms with van der Waals surface area (Å²) in [4.78, 5) is 40.9. The summed E-state index contributed by atoms with van der Waals surface area (Å²) in [7, 11) is 1.45. The predicted octanol–water partition coefficient (Wildman–Crippen LogP) is 1.26. The van der Waals surface area contributed by atoms with E-state index in [1.54, 1.807) is 19.9 Å². The maximum absolute atomic E-state index is 13.6. The molecule has 4 saturated heterocycles. The molecule has 1 spiro atoms. The number of rotatable bonds is 7. The molecule has 5 aliphatic heterocycles. The zero-order valence-electron chi connectivity index (χ0n) is 25.9. The molecule has 0 aliphatic carbocycles. The van der Waals surface area contributed by atoms with Gasteiger partial charge in [0.15, 0.2) is 11.4 Å². The molecule has 2 N–H and O–H groups in total. The van der Waals surface area contributed by atoms with Crippen LogP contribution in [-0.4, -0.2) is 89.3 Å². The van der Waals surface area contributed by atoms with Crippen LogP contribution in [0.4, 0.5) is 0 Å². The second-order valence-corrected chi connectivity index (χ2v) is 12.7. The van der Waals surface area contributed by atoms with Crippen molar-refractivity contribution in [1.29, 1.82) is 0 Å². The smallest absolute Gasteiger partial charge is 0.259 e. The van der Waals surface area contributed by atoms with Crippen molar-refractivity contribution >= 4 is 17.6 Å². The Morgan fingerprint density at radius 1 is 1.21 bits per heavy atom. The largest absolute Gasteiger partial charge is 0.872 e. The number of allylic oxidation sites excluding steroid dienone is 3. The number of carbonyl (C=O) groups is 3. The summed E-state index contributed by atoms with van der Waals surface area (Å²) in [6.45, 7) is 11.6. The van der Waals surface area contributed by atoms with Crippen molar-refractivity contribution in [1.82, 2.24) is 10.2 Å². The Hall–Kier alpha value is -2.83. The van der Waals surface area contributed by atoms with E-state index < -0.39 is 70.7 Å². The first kappa shape index (κ1) is 31.6. The summed E-state index contributed by atoms with van der Waals surface area (Å²) < 4.78 is 24.3. The molecule has 5 heterocycles. The van der Waals surface area contributed by atoms with Crippen molar-refractivity contribution in [2.45, 2.75) is 102 Å². The number of hydrogen-bond acceptors (Lipinski definition) is 9. The lowest BCUT2D eigenvalue weighted by atomic mass is 9.82. The van der Waals surface area contributed by atoms with Gasteiger partial charge in [0.2, 0.25) is 11.7 Å². The first-order valence-corrected chi connectivity index (χ1v) is 15.1. The van der Waals surface area contributed by atoms with Crippen LogP contribution >= 0.6 is 0 Å². The molecule has 1 unspecified atom stereocenters. The van der Waals surface area contributed by atoms with Crippen LogP contribution in [0.2, 0.25) is 0 Å². The van der Waals surface area contributed by atoms with E-state index in [9.17, 15) is 24.6 Å². The van der Waals surface area contributed by atoms with Gasteiger partial charge < -0.3 is 39.4 Å². The standard InChI is InChI=1S/C32H44N2O9/c1-16(14-17(2)28-18(3)23-12-13-32(15-40-32)31(6,42-23)43-28)8-9-22(36)25-27(37)26(19(4)29(38)33-7)34(30(25)39)24-11-10-21(35)20(5)41-24/h8-9,12-14,17-21,23-24,26,28,35-36H,10-11,15H2,1-7H3,(H,33,38)/p-1/b9-8+,16-14+,25-22+/t17-,18+,19+,20+,21-,23+,24?,26+,28-,31+,32-/m0/s1. The number of nitrogens with zero attached hydrogens (tertiary/aromatic N) is 1. The second-order valence-electron chi connectivity index (χ2n) is 12.7. The van der Waals surface area contributed by atoms with Crippen molar-refractivity contribution in [2.24, 2.45) is 17.8 Å². The monoisotopic (exact) mass is 599 g/mol. The van der Waals surface area contributed by atoms with E-state index in [1.165, 1.54) is 18.0 Å². The molecule has 2 amide bonds. The van der Waals surface area contributed by atoms with Gasteiger partial charge in [0, 0.05) is 18.9 Å². The Morgan fingerprint density at radius 3 is 2.53 bits per heavy atom. The minimum absolute atomic E-state index is 0.0424. The zero-order valence-corrected chi connectivity index (χ0v) is 25.9. The van der Waals surface area contributed by atoms with Gasteiger partial charge in [-0.15, -0.1) is 0 Å². The van der Waals surface area contributed by atoms with Gasteiger partial charge in [-0.2, -0.15) is 0 Å². The third-order valence-electron chi connectivity index (χ3n) is 9.66. The summed E-state index contributed by atoms with van der Waals surface area (Å²) in [5, 5.41) is 26.0. The molecular formula is C32H43N2O9-. The number of nitrogens with one attached hydrogen (secondary N) is 1. The number of aliphatic hydroxyl groups is 1. The lowest BCUT2D eigenvalue weighted by Crippen LogP contribution is -2.61. The lowest BCUT2D eigenvalue weighted by molar-refractivity contribution is -0.346. The third-order valence-corrected chi connectivity index (χ3v) is 9.66. The Morgan fingerprint density at radius 2 is 1.91 bits per heavy atom. The van der Waals surface area contributed by atoms with Crippen LogP contribution in [0.3, 0.4) is 0 Å². The number of likely N-dealkylation sites (tertiary alicyclic amines) is 1. The van der Waals surface area contributed by atoms with Crippen LogP contribution in [0.1, 0.15) is 54.4 Å². The first-order valence-electron chi connectivity index (χ1n) is 15.1. The highest BCUT2D eigenvalue weighted by Gasteiger charge is 2.66. The fourth-order valence-corrected chi connectivity index (χ4v) is 6.81. The van der Waals surface area contributed by atoms with Gasteiger partial charge in [0.05, 0.1) is 42.5 Å². The van der Waals surface area contributed by atoms with Crippen molar-refractivity contribution in [3.05, 3.63) is 47.3 Å². The van der Waals surface area contributed by atoms with E-state index in [2.05, 4.69) is 12.2 Å². The van der Waals surface area contributed by atoms with Gasteiger partial charge in [0.25, 0.3) is 5.91 Å². The summed E-state index contributed by atoms with van der Waals surface area (Å²) >= 11 is 0. The fraction of sp³-hybridized carbons (Fsp3) is 0.656. The molecule has 11 nitrogen and oxygen atoms in total. The van der Waals surface area contributed by atoms with E-state index in [-0.39, 0.29) is 30.5 Å². The molecule has 2 bridgehead atoms. The summed E-state index contributed by atoms with van der Waals surface area (Å²) in [5.74, 6) is -4.40. The Bertz CT molecular complexity index is 1280. The molecule has 5 aliphatic rings. The van der Waals surface area contributed by atoms with E-state index >= 15 is 0 Å². The molecular weight excluding hydrogens is 556 g/mol. The van der Waals surface area contributed by atoms with Gasteiger partial charge in [-0.1, -0.05) is 56.4 Å². The van der Waals surface area contributed by atoms with Gasteiger partial charge in [-0.3, -0.25) is 14.4 Å². The fourth-order valence-electron chi connectivity index (χ4n) is 6.81. The Labute approximate surface area is 252 Å². The zero-order chi connectivity index (χ0) is 31.4. The second kappa shape index (κ2) is 11.6. The predicted molar refractivity (Wildman–Crippen MR) is 153 cm³/mol. The van der Waals surface area contributed by atoms with Crippen LogP contribution in [0.15, 0.2) is 47.3 Å². The summed E-state index contributed by atoms with van der Waals surface area (Å²) in [5.41, 5.74) is -0.287. The molecule has 11 heteroatoms. The molecule has 43 heavy (non-hydrogen) atoms. The quantitative estimate of drug-likeness (QED) is 0.110. The number of fused-ring (bicyclic) bond motifs is 3. The minimum atomic E-state index is -1.19. The topological polar surface area (TPSA) is 150 Å². The number of ketones is 1. The highest BCUT2D eigenvalue weighted by Crippen LogP contribution is 2.52. The molecule has 0 aromatic rings. The number of carbonyl (C=O) groups excluding carboxylic acids is 3. The highest BCUT2D eigenvalue weighted by molar-refractivity contribution is 6.27. The maximum Gasteiger partial charge on any atom is 0.259 e. The minimum Gasteiger partial charge on any atom is -0.872 e. The molecule has 0 saturated carbocycles. The van der Waals surface area contributed by atoms with Gasteiger partial charge in [-0.05, 0) is 39.7 Å². The summed E-state index contributed by atoms with van der Waals surface area (Å²) in [6.07, 6.45) is 7.13. The molecule has 236 valence electrons. The summed E-state index contributed by atoms with van der Waals surface area (Å²) in [6, 6.07) is -1.19. The van der Waals surface area contributed by atoms with E-state index in [0.29, 0.717) is 13.0 Å². The SMILES string of the molecule is CNC(=O)[C@H](C)[C@@H]1C(=O)/C(=C([O-])/C=C/C(C)=C/[C@H](C)[C@@H]2O[C@@]3(C)O[C@H](C=C[C@]34CO4)[C@H]2C)C(=O)N1C1CC[C@H](O)[C@@H](C)O1. The number of ether oxygens (including phenoxy) is 4. The number of aliphatic hydroxyl groups excluding tert-OH is 1. The number of Topliss-reactive ketones (excluding diaryl/α,β-unsaturated/α-hetero) is 1. The molecule has 0 aromatic heterocycles. The van der Waals surface area contributed by atoms with Gasteiger partial charge in [-0.25, -0.2) is 0 Å².